The van der Waals surface area contributed by atoms with Gasteiger partial charge >= 0.3 is 5.97 Å². The molecular weight excluding hydrogens is 374 g/mol. The highest BCUT2D eigenvalue weighted by molar-refractivity contribution is 6.12. The number of aliphatic imine (C=N–C) groups is 2. The summed E-state index contributed by atoms with van der Waals surface area (Å²) in [5.74, 6) is 1.17. The number of benzene rings is 2. The normalized spacial score (nSPS) is 16.1. The first-order valence-corrected chi connectivity index (χ1v) is 10.8. The summed E-state index contributed by atoms with van der Waals surface area (Å²) >= 11 is 0. The minimum absolute atomic E-state index is 0.00456. The van der Waals surface area contributed by atoms with Gasteiger partial charge in [-0.3, -0.25) is 4.99 Å². The largest absolute Gasteiger partial charge is 0.464 e. The Morgan fingerprint density at radius 2 is 1.53 bits per heavy atom. The second-order valence-corrected chi connectivity index (χ2v) is 7.76. The van der Waals surface area contributed by atoms with Crippen molar-refractivity contribution in [1.82, 2.24) is 4.90 Å². The maximum Gasteiger partial charge on any atom is 0.331 e. The van der Waals surface area contributed by atoms with E-state index in [0.29, 0.717) is 12.4 Å². The van der Waals surface area contributed by atoms with Crippen LogP contribution in [0.4, 0.5) is 0 Å². The molecule has 0 saturated carbocycles. The van der Waals surface area contributed by atoms with Gasteiger partial charge in [0.2, 0.25) is 0 Å². The van der Waals surface area contributed by atoms with Crippen molar-refractivity contribution in [2.24, 2.45) is 15.9 Å². The van der Waals surface area contributed by atoms with Crippen molar-refractivity contribution in [3.8, 4) is 0 Å². The second kappa shape index (κ2) is 10.7. The summed E-state index contributed by atoms with van der Waals surface area (Å²) in [6.45, 7) is 8.06. The summed E-state index contributed by atoms with van der Waals surface area (Å²) in [6, 6.07) is 19.5. The lowest BCUT2D eigenvalue weighted by Gasteiger charge is -2.22. The number of carbonyl (C=O) groups excluding carboxylic acids is 1. The fourth-order valence-electron chi connectivity index (χ4n) is 3.52. The van der Waals surface area contributed by atoms with Gasteiger partial charge in [0.05, 0.1) is 6.61 Å². The monoisotopic (exact) mass is 405 g/mol. The Bertz CT molecular complexity index is 870. The van der Waals surface area contributed by atoms with Gasteiger partial charge in [0, 0.05) is 24.2 Å². The molecule has 158 valence electrons. The number of hydrogen-bond acceptors (Lipinski definition) is 3. The molecule has 0 aliphatic carbocycles. The third-order valence-corrected chi connectivity index (χ3v) is 5.10. The Labute approximate surface area is 179 Å². The fraction of sp³-hybridized carbons (Fsp3) is 0.400. The van der Waals surface area contributed by atoms with E-state index in [0.717, 1.165) is 42.9 Å². The molecule has 3 rings (SSSR count). The topological polar surface area (TPSA) is 54.3 Å². The molecule has 0 amide bonds. The number of carbonyl (C=O) groups is 1. The first-order valence-electron chi connectivity index (χ1n) is 10.8. The van der Waals surface area contributed by atoms with E-state index in [9.17, 15) is 4.79 Å². The number of likely N-dealkylation sites (tertiary alicyclic amines) is 1. The molecule has 0 N–H and O–H groups in total. The maximum atomic E-state index is 12.6. The van der Waals surface area contributed by atoms with Crippen LogP contribution in [0.2, 0.25) is 0 Å². The van der Waals surface area contributed by atoms with E-state index in [-0.39, 0.29) is 11.9 Å². The molecule has 1 atom stereocenters. The number of hydrogen-bond donors (Lipinski definition) is 0. The molecule has 0 bridgehead atoms. The van der Waals surface area contributed by atoms with Gasteiger partial charge in [-0.25, -0.2) is 9.79 Å². The molecule has 30 heavy (non-hydrogen) atoms. The highest BCUT2D eigenvalue weighted by Gasteiger charge is 2.25. The van der Waals surface area contributed by atoms with E-state index in [4.69, 9.17) is 14.7 Å². The maximum absolute atomic E-state index is 12.6. The Hall–Kier alpha value is -2.95. The highest BCUT2D eigenvalue weighted by Crippen LogP contribution is 2.17. The lowest BCUT2D eigenvalue weighted by Crippen LogP contribution is -2.31. The molecular formula is C25H31N3O2. The van der Waals surface area contributed by atoms with Gasteiger partial charge in [-0.15, -0.1) is 0 Å². The van der Waals surface area contributed by atoms with Crippen LogP contribution in [0.15, 0.2) is 70.6 Å². The zero-order valence-electron chi connectivity index (χ0n) is 18.1. The molecule has 1 saturated heterocycles. The van der Waals surface area contributed by atoms with E-state index < -0.39 is 6.04 Å². The summed E-state index contributed by atoms with van der Waals surface area (Å²) in [4.78, 5) is 24.8. The predicted octanol–water partition coefficient (Wildman–Crippen LogP) is 4.56. The van der Waals surface area contributed by atoms with Crippen LogP contribution in [-0.4, -0.2) is 48.3 Å². The van der Waals surface area contributed by atoms with Gasteiger partial charge in [-0.05, 0) is 25.7 Å². The van der Waals surface area contributed by atoms with Gasteiger partial charge in [-0.1, -0.05) is 74.5 Å². The van der Waals surface area contributed by atoms with Crippen LogP contribution in [0.1, 0.15) is 44.7 Å². The van der Waals surface area contributed by atoms with Crippen LogP contribution >= 0.6 is 0 Å². The van der Waals surface area contributed by atoms with Gasteiger partial charge in [-0.2, -0.15) is 0 Å². The first kappa shape index (κ1) is 21.8. The van der Waals surface area contributed by atoms with Crippen LogP contribution in [0.5, 0.6) is 0 Å². The quantitative estimate of drug-likeness (QED) is 0.402. The van der Waals surface area contributed by atoms with Gasteiger partial charge in [0.1, 0.15) is 5.84 Å². The van der Waals surface area contributed by atoms with Crippen LogP contribution < -0.4 is 0 Å². The molecule has 5 nitrogen and oxygen atoms in total. The van der Waals surface area contributed by atoms with Crippen molar-refractivity contribution >= 4 is 17.6 Å². The summed E-state index contributed by atoms with van der Waals surface area (Å²) < 4.78 is 5.29. The lowest BCUT2D eigenvalue weighted by atomic mass is 10.0. The van der Waals surface area contributed by atoms with Crippen LogP contribution in [-0.2, 0) is 9.53 Å². The Kier molecular flexibility index (Phi) is 7.77. The predicted molar refractivity (Wildman–Crippen MR) is 122 cm³/mol. The fourth-order valence-corrected chi connectivity index (χ4v) is 3.52. The Morgan fingerprint density at radius 3 is 2.07 bits per heavy atom. The smallest absolute Gasteiger partial charge is 0.331 e. The van der Waals surface area contributed by atoms with E-state index in [2.05, 4.69) is 17.0 Å². The van der Waals surface area contributed by atoms with Gasteiger partial charge in [0.25, 0.3) is 0 Å². The number of ether oxygens (including phenoxy) is 1. The SMILES string of the molecule is CCOC(=O)C(N=C(N=C(c1ccccc1)N1CCCC1)c1ccccc1)C(C)C. The summed E-state index contributed by atoms with van der Waals surface area (Å²) in [5, 5.41) is 0. The van der Waals surface area contributed by atoms with E-state index in [1.807, 2.05) is 69.3 Å². The van der Waals surface area contributed by atoms with Crippen molar-refractivity contribution in [3.05, 3.63) is 71.8 Å². The van der Waals surface area contributed by atoms with Crippen LogP contribution in [0.25, 0.3) is 0 Å². The molecule has 1 fully saturated rings. The minimum Gasteiger partial charge on any atom is -0.464 e. The third kappa shape index (κ3) is 5.56. The van der Waals surface area contributed by atoms with E-state index in [1.165, 1.54) is 0 Å². The molecule has 1 aliphatic heterocycles. The molecule has 2 aromatic rings. The molecule has 0 spiro atoms. The lowest BCUT2D eigenvalue weighted by molar-refractivity contribution is -0.145. The number of amidine groups is 2. The molecule has 1 aliphatic rings. The third-order valence-electron chi connectivity index (χ3n) is 5.10. The van der Waals surface area contributed by atoms with Crippen molar-refractivity contribution in [2.45, 2.75) is 39.7 Å². The number of rotatable bonds is 6. The summed E-state index contributed by atoms with van der Waals surface area (Å²) in [7, 11) is 0. The molecule has 5 heteroatoms. The van der Waals surface area contributed by atoms with Gasteiger partial charge in [0.15, 0.2) is 11.9 Å². The second-order valence-electron chi connectivity index (χ2n) is 7.76. The van der Waals surface area contributed by atoms with Gasteiger partial charge < -0.3 is 9.64 Å². The standard InChI is InChI=1S/C25H31N3O2/c1-4-30-25(29)22(19(2)3)26-23(20-13-7-5-8-14-20)27-24(28-17-11-12-18-28)21-15-9-6-10-16-21/h5-10,13-16,19,22H,4,11-12,17-18H2,1-3H3. The Balaban J connectivity index is 2.11. The zero-order valence-corrected chi connectivity index (χ0v) is 18.1. The average molecular weight is 406 g/mol. The first-order chi connectivity index (χ1) is 14.6. The molecule has 0 radical (unpaired) electrons. The molecule has 2 aromatic carbocycles. The number of nitrogens with zero attached hydrogens (tertiary/aromatic N) is 3. The highest BCUT2D eigenvalue weighted by atomic mass is 16.5. The van der Waals surface area contributed by atoms with Crippen molar-refractivity contribution in [3.63, 3.8) is 0 Å². The van der Waals surface area contributed by atoms with E-state index in [1.54, 1.807) is 0 Å². The average Bonchev–Trinajstić information content (AvgIpc) is 3.29. The van der Waals surface area contributed by atoms with Crippen molar-refractivity contribution in [1.29, 1.82) is 0 Å². The molecule has 0 aromatic heterocycles. The minimum atomic E-state index is -0.598. The van der Waals surface area contributed by atoms with Crippen molar-refractivity contribution < 1.29 is 9.53 Å². The molecule has 1 unspecified atom stereocenters. The van der Waals surface area contributed by atoms with Crippen molar-refractivity contribution in [2.75, 3.05) is 19.7 Å². The summed E-state index contributed by atoms with van der Waals surface area (Å²) in [6.07, 6.45) is 2.31. The zero-order chi connectivity index (χ0) is 21.3. The Morgan fingerprint density at radius 1 is 0.967 bits per heavy atom. The molecule has 1 heterocycles. The summed E-state index contributed by atoms with van der Waals surface area (Å²) in [5.41, 5.74) is 1.94. The van der Waals surface area contributed by atoms with Crippen LogP contribution in [0.3, 0.4) is 0 Å². The number of esters is 1. The van der Waals surface area contributed by atoms with E-state index >= 15 is 0 Å². The van der Waals surface area contributed by atoms with Crippen LogP contribution in [0, 0.1) is 5.92 Å².